The van der Waals surface area contributed by atoms with E-state index in [2.05, 4.69) is 62.5 Å². The van der Waals surface area contributed by atoms with Gasteiger partial charge in [0, 0.05) is 6.61 Å². The predicted molar refractivity (Wildman–Crippen MR) is 179 cm³/mol. The highest BCUT2D eigenvalue weighted by molar-refractivity contribution is 4.93. The molecule has 0 aromatic heterocycles. The minimum atomic E-state index is 0.389. The number of rotatable bonds is 31. The van der Waals surface area contributed by atoms with Crippen LogP contribution in [0, 0.1) is 5.92 Å². The van der Waals surface area contributed by atoms with Crippen molar-refractivity contribution in [3.63, 3.8) is 0 Å². The van der Waals surface area contributed by atoms with E-state index in [1.54, 1.807) is 0 Å². The van der Waals surface area contributed by atoms with Gasteiger partial charge in [0.25, 0.3) is 0 Å². The van der Waals surface area contributed by atoms with E-state index in [0.717, 1.165) is 12.8 Å². The van der Waals surface area contributed by atoms with E-state index in [9.17, 15) is 5.11 Å². The van der Waals surface area contributed by atoms with Gasteiger partial charge in [0.1, 0.15) is 0 Å². The molecule has 39 heavy (non-hydrogen) atoms. The summed E-state index contributed by atoms with van der Waals surface area (Å²) >= 11 is 0. The van der Waals surface area contributed by atoms with Gasteiger partial charge in [0.2, 0.25) is 0 Å². The molecule has 0 aromatic rings. The van der Waals surface area contributed by atoms with Crippen LogP contribution >= 0.6 is 0 Å². The lowest BCUT2D eigenvalue weighted by Gasteiger charge is -2.13. The van der Waals surface area contributed by atoms with Crippen molar-refractivity contribution in [2.24, 2.45) is 5.92 Å². The lowest BCUT2D eigenvalue weighted by Crippen LogP contribution is -2.06. The SMILES string of the molecule is CCCCCC=CCC=CCCCCCCCCC(CO)CCCCCCCCC=CCC=CCCCCC. The molecule has 0 aliphatic carbocycles. The number of hydrogen-bond donors (Lipinski definition) is 1. The zero-order valence-corrected chi connectivity index (χ0v) is 26.7. The maximum Gasteiger partial charge on any atom is 0.0459 e. The first-order chi connectivity index (χ1) is 19.3. The van der Waals surface area contributed by atoms with Crippen molar-refractivity contribution >= 4 is 0 Å². The summed E-state index contributed by atoms with van der Waals surface area (Å²) in [6.45, 7) is 4.92. The van der Waals surface area contributed by atoms with Crippen LogP contribution < -0.4 is 0 Å². The van der Waals surface area contributed by atoms with Crippen molar-refractivity contribution in [1.29, 1.82) is 0 Å². The number of aliphatic hydroxyl groups excluding tert-OH is 1. The first-order valence-electron chi connectivity index (χ1n) is 17.6. The van der Waals surface area contributed by atoms with Crippen molar-refractivity contribution < 1.29 is 5.11 Å². The molecule has 0 saturated carbocycles. The van der Waals surface area contributed by atoms with E-state index < -0.39 is 0 Å². The van der Waals surface area contributed by atoms with Gasteiger partial charge in [-0.1, -0.05) is 152 Å². The Morgan fingerprint density at radius 2 is 0.692 bits per heavy atom. The maximum absolute atomic E-state index is 9.76. The van der Waals surface area contributed by atoms with Gasteiger partial charge < -0.3 is 5.11 Å². The van der Waals surface area contributed by atoms with E-state index in [4.69, 9.17) is 0 Å². The molecule has 1 heteroatoms. The number of hydrogen-bond acceptors (Lipinski definition) is 1. The summed E-state index contributed by atoms with van der Waals surface area (Å²) in [5.74, 6) is 0.543. The third kappa shape index (κ3) is 33.0. The minimum absolute atomic E-state index is 0.389. The summed E-state index contributed by atoms with van der Waals surface area (Å²) in [4.78, 5) is 0. The Bertz CT molecular complexity index is 507. The average molecular weight is 543 g/mol. The van der Waals surface area contributed by atoms with Gasteiger partial charge >= 0.3 is 0 Å². The molecule has 0 atom stereocenters. The van der Waals surface area contributed by atoms with Gasteiger partial charge in [-0.05, 0) is 83.0 Å². The van der Waals surface area contributed by atoms with E-state index in [1.165, 1.54) is 154 Å². The van der Waals surface area contributed by atoms with Crippen LogP contribution in [0.3, 0.4) is 0 Å². The Labute approximate surface area is 246 Å². The summed E-state index contributed by atoms with van der Waals surface area (Å²) in [6, 6.07) is 0. The lowest BCUT2D eigenvalue weighted by molar-refractivity contribution is 0.204. The molecule has 0 fully saturated rings. The van der Waals surface area contributed by atoms with Gasteiger partial charge in [0.05, 0.1) is 0 Å². The third-order valence-corrected chi connectivity index (χ3v) is 7.88. The second-order valence-electron chi connectivity index (χ2n) is 11.8. The summed E-state index contributed by atoms with van der Waals surface area (Å²) in [5, 5.41) is 9.76. The summed E-state index contributed by atoms with van der Waals surface area (Å²) in [7, 11) is 0. The van der Waals surface area contributed by atoms with E-state index >= 15 is 0 Å². The quantitative estimate of drug-likeness (QED) is 0.0682. The van der Waals surface area contributed by atoms with E-state index in [0.29, 0.717) is 12.5 Å². The first-order valence-corrected chi connectivity index (χ1v) is 17.6. The molecule has 0 unspecified atom stereocenters. The Morgan fingerprint density at radius 1 is 0.385 bits per heavy atom. The highest BCUT2D eigenvalue weighted by atomic mass is 16.3. The zero-order valence-electron chi connectivity index (χ0n) is 26.7. The number of unbranched alkanes of at least 4 members (excludes halogenated alkanes) is 18. The van der Waals surface area contributed by atoms with Gasteiger partial charge in [-0.25, -0.2) is 0 Å². The molecule has 0 amide bonds. The Kier molecular flexibility index (Phi) is 34.0. The molecular weight excluding hydrogens is 472 g/mol. The first kappa shape index (κ1) is 37.9. The van der Waals surface area contributed by atoms with E-state index in [1.807, 2.05) is 0 Å². The second-order valence-corrected chi connectivity index (χ2v) is 11.8. The average Bonchev–Trinajstić information content (AvgIpc) is 2.95. The summed E-state index contributed by atoms with van der Waals surface area (Å²) < 4.78 is 0. The molecule has 228 valence electrons. The van der Waals surface area contributed by atoms with Crippen molar-refractivity contribution in [3.05, 3.63) is 48.6 Å². The summed E-state index contributed by atoms with van der Waals surface area (Å²) in [5.41, 5.74) is 0. The summed E-state index contributed by atoms with van der Waals surface area (Å²) in [6.07, 6.45) is 52.6. The Balaban J connectivity index is 3.41. The van der Waals surface area contributed by atoms with Crippen molar-refractivity contribution in [1.82, 2.24) is 0 Å². The van der Waals surface area contributed by atoms with Crippen LogP contribution in [-0.4, -0.2) is 11.7 Å². The van der Waals surface area contributed by atoms with Gasteiger partial charge in [-0.3, -0.25) is 0 Å². The molecule has 0 rings (SSSR count). The minimum Gasteiger partial charge on any atom is -0.396 e. The Morgan fingerprint density at radius 3 is 1.03 bits per heavy atom. The molecule has 0 radical (unpaired) electrons. The van der Waals surface area contributed by atoms with Crippen molar-refractivity contribution in [2.75, 3.05) is 6.61 Å². The Hall–Kier alpha value is -1.08. The molecule has 1 N–H and O–H groups in total. The largest absolute Gasteiger partial charge is 0.396 e. The standard InChI is InChI=1S/C38H70O/c1-3-5-7-9-11-13-15-17-19-21-23-25-27-29-31-33-35-38(37-39)36-34-32-30-28-26-24-22-20-18-16-14-12-10-8-6-4-2/h11-14,17-20,38-39H,3-10,15-16,21-37H2,1-2H3. The molecule has 0 bridgehead atoms. The van der Waals surface area contributed by atoms with Crippen LogP contribution in [0.5, 0.6) is 0 Å². The van der Waals surface area contributed by atoms with E-state index in [-0.39, 0.29) is 0 Å². The van der Waals surface area contributed by atoms with Crippen LogP contribution in [0.4, 0.5) is 0 Å². The van der Waals surface area contributed by atoms with Crippen molar-refractivity contribution in [2.45, 2.75) is 181 Å². The molecule has 0 saturated heterocycles. The van der Waals surface area contributed by atoms with Crippen LogP contribution in [-0.2, 0) is 0 Å². The van der Waals surface area contributed by atoms with Crippen LogP contribution in [0.15, 0.2) is 48.6 Å². The predicted octanol–water partition coefficient (Wildman–Crippen LogP) is 13.0. The molecule has 0 aliphatic rings. The number of allylic oxidation sites excluding steroid dienone is 8. The fourth-order valence-electron chi connectivity index (χ4n) is 5.17. The van der Waals surface area contributed by atoms with Crippen LogP contribution in [0.1, 0.15) is 181 Å². The maximum atomic E-state index is 9.76. The highest BCUT2D eigenvalue weighted by Gasteiger charge is 2.07. The van der Waals surface area contributed by atoms with Gasteiger partial charge in [0.15, 0.2) is 0 Å². The smallest absolute Gasteiger partial charge is 0.0459 e. The molecular formula is C38H70O. The zero-order chi connectivity index (χ0) is 28.3. The topological polar surface area (TPSA) is 20.2 Å². The van der Waals surface area contributed by atoms with Gasteiger partial charge in [-0.15, -0.1) is 0 Å². The van der Waals surface area contributed by atoms with Gasteiger partial charge in [-0.2, -0.15) is 0 Å². The molecule has 0 aliphatic heterocycles. The monoisotopic (exact) mass is 543 g/mol. The fourth-order valence-corrected chi connectivity index (χ4v) is 5.17. The fraction of sp³-hybridized carbons (Fsp3) is 0.789. The highest BCUT2D eigenvalue weighted by Crippen LogP contribution is 2.19. The van der Waals surface area contributed by atoms with Crippen molar-refractivity contribution in [3.8, 4) is 0 Å². The molecule has 0 heterocycles. The molecule has 0 spiro atoms. The second kappa shape index (κ2) is 34.9. The lowest BCUT2D eigenvalue weighted by atomic mass is 9.95. The molecule has 1 nitrogen and oxygen atoms in total. The van der Waals surface area contributed by atoms with Crippen LogP contribution in [0.25, 0.3) is 0 Å². The third-order valence-electron chi connectivity index (χ3n) is 7.88. The van der Waals surface area contributed by atoms with Crippen LogP contribution in [0.2, 0.25) is 0 Å². The molecule has 0 aromatic carbocycles. The number of aliphatic hydroxyl groups is 1. The normalized spacial score (nSPS) is 13.2.